The fraction of sp³-hybridized carbons (Fsp3) is 0.0833. The zero-order valence-corrected chi connectivity index (χ0v) is 11.6. The molecular formula is C12H11ClN3O2S-. The fourth-order valence-corrected chi connectivity index (χ4v) is 2.13. The van der Waals surface area contributed by atoms with E-state index >= 15 is 0 Å². The molecule has 0 fully saturated rings. The van der Waals surface area contributed by atoms with E-state index in [-0.39, 0.29) is 0 Å². The van der Waals surface area contributed by atoms with E-state index in [4.69, 9.17) is 11.6 Å². The minimum absolute atomic E-state index is 0.383. The SMILES string of the molecule is Cc1cncc(NS(=O)[O-])c1Nc1cccc(Cl)c1. The van der Waals surface area contributed by atoms with Crippen LogP contribution < -0.4 is 10.0 Å². The molecule has 2 rings (SSSR count). The molecule has 0 radical (unpaired) electrons. The van der Waals surface area contributed by atoms with Crippen LogP contribution in [0.3, 0.4) is 0 Å². The Morgan fingerprint density at radius 1 is 1.37 bits per heavy atom. The van der Waals surface area contributed by atoms with Gasteiger partial charge in [-0.25, -0.2) is 0 Å². The average molecular weight is 297 g/mol. The lowest BCUT2D eigenvalue weighted by atomic mass is 10.2. The normalized spacial score (nSPS) is 11.9. The van der Waals surface area contributed by atoms with Crippen LogP contribution in [-0.4, -0.2) is 13.7 Å². The molecule has 0 aliphatic carbocycles. The lowest BCUT2D eigenvalue weighted by Gasteiger charge is -2.16. The van der Waals surface area contributed by atoms with E-state index in [2.05, 4.69) is 15.0 Å². The number of halogens is 1. The molecule has 1 aromatic heterocycles. The quantitative estimate of drug-likeness (QED) is 0.850. The van der Waals surface area contributed by atoms with Gasteiger partial charge in [0, 0.05) is 28.2 Å². The van der Waals surface area contributed by atoms with Gasteiger partial charge in [-0.15, -0.1) is 0 Å². The highest BCUT2D eigenvalue weighted by Crippen LogP contribution is 2.29. The highest BCUT2D eigenvalue weighted by Gasteiger charge is 2.07. The number of aryl methyl sites for hydroxylation is 1. The third-order valence-electron chi connectivity index (χ3n) is 2.42. The van der Waals surface area contributed by atoms with Crippen LogP contribution in [-0.2, 0) is 11.3 Å². The third kappa shape index (κ3) is 3.66. The molecule has 0 aliphatic heterocycles. The van der Waals surface area contributed by atoms with Gasteiger partial charge in [-0.2, -0.15) is 0 Å². The topological polar surface area (TPSA) is 77.1 Å². The summed E-state index contributed by atoms with van der Waals surface area (Å²) in [7, 11) is 0. The summed E-state index contributed by atoms with van der Waals surface area (Å²) < 4.78 is 23.8. The molecule has 1 heterocycles. The maximum Gasteiger partial charge on any atom is 0.0877 e. The van der Waals surface area contributed by atoms with Crippen molar-refractivity contribution in [1.82, 2.24) is 4.98 Å². The Hall–Kier alpha value is -1.63. The number of benzene rings is 1. The predicted molar refractivity (Wildman–Crippen MR) is 76.3 cm³/mol. The van der Waals surface area contributed by atoms with Crippen molar-refractivity contribution in [1.29, 1.82) is 0 Å². The highest BCUT2D eigenvalue weighted by atomic mass is 35.5. The Balaban J connectivity index is 2.35. The summed E-state index contributed by atoms with van der Waals surface area (Å²) >= 11 is 3.50. The molecule has 1 unspecified atom stereocenters. The van der Waals surface area contributed by atoms with Gasteiger partial charge >= 0.3 is 0 Å². The Bertz CT molecular complexity index is 622. The summed E-state index contributed by atoms with van der Waals surface area (Å²) in [6.45, 7) is 1.83. The summed E-state index contributed by atoms with van der Waals surface area (Å²) in [4.78, 5) is 3.96. The van der Waals surface area contributed by atoms with E-state index in [9.17, 15) is 8.76 Å². The van der Waals surface area contributed by atoms with Gasteiger partial charge in [0.25, 0.3) is 0 Å². The van der Waals surface area contributed by atoms with Crippen LogP contribution in [0, 0.1) is 6.92 Å². The zero-order chi connectivity index (χ0) is 13.8. The van der Waals surface area contributed by atoms with Crippen molar-refractivity contribution in [3.8, 4) is 0 Å². The minimum atomic E-state index is -2.40. The van der Waals surface area contributed by atoms with Crippen molar-refractivity contribution < 1.29 is 8.76 Å². The summed E-state index contributed by atoms with van der Waals surface area (Å²) in [5.41, 5.74) is 2.60. The van der Waals surface area contributed by atoms with E-state index in [0.717, 1.165) is 11.3 Å². The average Bonchev–Trinajstić information content (AvgIpc) is 2.33. The first-order chi connectivity index (χ1) is 9.06. The van der Waals surface area contributed by atoms with Crippen molar-refractivity contribution in [2.75, 3.05) is 10.0 Å². The van der Waals surface area contributed by atoms with E-state index in [0.29, 0.717) is 16.4 Å². The number of pyridine rings is 1. The number of nitrogens with one attached hydrogen (secondary N) is 2. The van der Waals surface area contributed by atoms with Crippen LogP contribution in [0.15, 0.2) is 36.7 Å². The smallest absolute Gasteiger partial charge is 0.0877 e. The Morgan fingerprint density at radius 2 is 2.16 bits per heavy atom. The van der Waals surface area contributed by atoms with Gasteiger partial charge in [-0.3, -0.25) is 9.19 Å². The maximum atomic E-state index is 10.8. The molecule has 2 aromatic rings. The lowest BCUT2D eigenvalue weighted by Crippen LogP contribution is -2.06. The van der Waals surface area contributed by atoms with Gasteiger partial charge < -0.3 is 14.6 Å². The number of aromatic nitrogens is 1. The van der Waals surface area contributed by atoms with Crippen LogP contribution in [0.25, 0.3) is 0 Å². The van der Waals surface area contributed by atoms with Crippen molar-refractivity contribution >= 4 is 39.9 Å². The van der Waals surface area contributed by atoms with E-state index < -0.39 is 11.3 Å². The Morgan fingerprint density at radius 3 is 2.84 bits per heavy atom. The monoisotopic (exact) mass is 296 g/mol. The molecule has 0 aliphatic rings. The van der Waals surface area contributed by atoms with Crippen LogP contribution in [0.1, 0.15) is 5.56 Å². The maximum absolute atomic E-state index is 10.8. The van der Waals surface area contributed by atoms with Gasteiger partial charge in [-0.1, -0.05) is 17.7 Å². The molecule has 0 saturated carbocycles. The van der Waals surface area contributed by atoms with Gasteiger partial charge in [0.05, 0.1) is 17.6 Å². The highest BCUT2D eigenvalue weighted by molar-refractivity contribution is 7.80. The fourth-order valence-electron chi connectivity index (χ4n) is 1.61. The molecule has 0 amide bonds. The van der Waals surface area contributed by atoms with E-state index in [1.165, 1.54) is 6.20 Å². The van der Waals surface area contributed by atoms with E-state index in [1.807, 2.05) is 13.0 Å². The molecule has 19 heavy (non-hydrogen) atoms. The summed E-state index contributed by atoms with van der Waals surface area (Å²) in [5, 5.41) is 3.72. The second-order valence-electron chi connectivity index (χ2n) is 3.85. The molecule has 0 bridgehead atoms. The number of hydrogen-bond donors (Lipinski definition) is 2. The van der Waals surface area contributed by atoms with Crippen molar-refractivity contribution in [2.24, 2.45) is 0 Å². The van der Waals surface area contributed by atoms with Crippen molar-refractivity contribution in [2.45, 2.75) is 6.92 Å². The van der Waals surface area contributed by atoms with Crippen LogP contribution in [0.5, 0.6) is 0 Å². The standard InChI is InChI=1S/C12H12ClN3O2S/c1-8-6-14-7-11(16-19(17)18)12(8)15-10-4-2-3-9(13)5-10/h2-7,16H,1H3,(H,14,15)(H,17,18)/p-1. The van der Waals surface area contributed by atoms with Crippen molar-refractivity contribution in [3.05, 3.63) is 47.2 Å². The van der Waals surface area contributed by atoms with Crippen LogP contribution in [0.4, 0.5) is 17.1 Å². The molecule has 2 N–H and O–H groups in total. The van der Waals surface area contributed by atoms with Crippen molar-refractivity contribution in [3.63, 3.8) is 0 Å². The largest absolute Gasteiger partial charge is 0.755 e. The van der Waals surface area contributed by atoms with Gasteiger partial charge in [0.15, 0.2) is 0 Å². The van der Waals surface area contributed by atoms with Gasteiger partial charge in [0.1, 0.15) is 0 Å². The minimum Gasteiger partial charge on any atom is -0.755 e. The molecular weight excluding hydrogens is 286 g/mol. The summed E-state index contributed by atoms with van der Waals surface area (Å²) in [5.74, 6) is 0. The molecule has 5 nitrogen and oxygen atoms in total. The molecule has 7 heteroatoms. The number of anilines is 3. The van der Waals surface area contributed by atoms with Gasteiger partial charge in [-0.05, 0) is 30.7 Å². The number of hydrogen-bond acceptors (Lipinski definition) is 4. The lowest BCUT2D eigenvalue weighted by molar-refractivity contribution is 0.542. The summed E-state index contributed by atoms with van der Waals surface area (Å²) in [6.07, 6.45) is 3.08. The predicted octanol–water partition coefficient (Wildman–Crippen LogP) is 2.99. The first-order valence-corrected chi connectivity index (χ1v) is 6.84. The Kier molecular flexibility index (Phi) is 4.36. The van der Waals surface area contributed by atoms with Crippen LogP contribution >= 0.6 is 11.6 Å². The number of rotatable bonds is 4. The molecule has 0 saturated heterocycles. The molecule has 1 atom stereocenters. The third-order valence-corrected chi connectivity index (χ3v) is 3.04. The first kappa shape index (κ1) is 13.8. The van der Waals surface area contributed by atoms with E-state index in [1.54, 1.807) is 24.4 Å². The summed E-state index contributed by atoms with van der Waals surface area (Å²) in [6, 6.07) is 7.15. The molecule has 100 valence electrons. The second kappa shape index (κ2) is 6.01. The zero-order valence-electron chi connectivity index (χ0n) is 10.0. The molecule has 1 aromatic carbocycles. The number of nitrogens with zero attached hydrogens (tertiary/aromatic N) is 1. The van der Waals surface area contributed by atoms with Gasteiger partial charge in [0.2, 0.25) is 0 Å². The first-order valence-electron chi connectivity index (χ1n) is 5.39. The Labute approximate surface area is 118 Å². The molecule has 0 spiro atoms. The van der Waals surface area contributed by atoms with Crippen LogP contribution in [0.2, 0.25) is 5.02 Å². The second-order valence-corrected chi connectivity index (χ2v) is 4.96.